The molecular formula is C19H15F2NO3. The van der Waals surface area contributed by atoms with E-state index in [0.29, 0.717) is 19.0 Å². The predicted octanol–water partition coefficient (Wildman–Crippen LogP) is 2.83. The average molecular weight is 343 g/mol. The number of ether oxygens (including phenoxy) is 2. The maximum atomic E-state index is 13.6. The van der Waals surface area contributed by atoms with Gasteiger partial charge in [0, 0.05) is 11.5 Å². The lowest BCUT2D eigenvalue weighted by Gasteiger charge is -2.27. The van der Waals surface area contributed by atoms with E-state index in [-0.39, 0.29) is 41.5 Å². The van der Waals surface area contributed by atoms with Crippen LogP contribution < -0.4 is 10.1 Å². The van der Waals surface area contributed by atoms with Crippen LogP contribution in [0.1, 0.15) is 28.7 Å². The molecule has 128 valence electrons. The van der Waals surface area contributed by atoms with Gasteiger partial charge in [0.1, 0.15) is 23.5 Å². The van der Waals surface area contributed by atoms with Gasteiger partial charge in [-0.1, -0.05) is 6.07 Å². The molecule has 1 aliphatic carbocycles. The number of hydrogen-bond acceptors (Lipinski definition) is 3. The van der Waals surface area contributed by atoms with Crippen LogP contribution in [-0.2, 0) is 16.1 Å². The molecule has 0 bridgehead atoms. The average Bonchev–Trinajstić information content (AvgIpc) is 3.20. The number of nitrogens with one attached hydrogen (secondary N) is 1. The summed E-state index contributed by atoms with van der Waals surface area (Å²) in [5.41, 5.74) is 2.37. The number of hydrogen-bond donors (Lipinski definition) is 1. The van der Waals surface area contributed by atoms with Crippen molar-refractivity contribution in [2.24, 2.45) is 5.92 Å². The SMILES string of the molecule is O=C(N[C@H]1COCc2ccc(F)cc21)C1C2Oc3ccc(F)cc3C21. The van der Waals surface area contributed by atoms with Gasteiger partial charge in [-0.05, 0) is 41.5 Å². The molecule has 25 heavy (non-hydrogen) atoms. The topological polar surface area (TPSA) is 47.6 Å². The van der Waals surface area contributed by atoms with Crippen LogP contribution in [0, 0.1) is 17.6 Å². The van der Waals surface area contributed by atoms with Crippen molar-refractivity contribution in [3.8, 4) is 5.75 Å². The largest absolute Gasteiger partial charge is 0.489 e. The van der Waals surface area contributed by atoms with E-state index in [9.17, 15) is 13.6 Å². The molecule has 1 saturated carbocycles. The molecule has 4 nitrogen and oxygen atoms in total. The van der Waals surface area contributed by atoms with Crippen molar-refractivity contribution < 1.29 is 23.0 Å². The van der Waals surface area contributed by atoms with Crippen LogP contribution >= 0.6 is 0 Å². The van der Waals surface area contributed by atoms with Crippen molar-refractivity contribution in [1.29, 1.82) is 0 Å². The second-order valence-corrected chi connectivity index (χ2v) is 6.74. The van der Waals surface area contributed by atoms with E-state index in [1.165, 1.54) is 24.3 Å². The van der Waals surface area contributed by atoms with E-state index in [4.69, 9.17) is 9.47 Å². The highest BCUT2D eigenvalue weighted by Gasteiger charge is 2.62. The van der Waals surface area contributed by atoms with E-state index >= 15 is 0 Å². The standard InChI is InChI=1S/C19H15F2NO3/c20-10-2-1-9-7-24-8-14(12(9)5-10)22-19(23)17-16-13-6-11(21)3-4-15(13)25-18(16)17/h1-6,14,16-18H,7-8H2,(H,22,23)/t14-,16?,17?,18?/m0/s1. The van der Waals surface area contributed by atoms with Crippen LogP contribution in [-0.4, -0.2) is 18.6 Å². The zero-order chi connectivity index (χ0) is 17.1. The van der Waals surface area contributed by atoms with Crippen LogP contribution in [0.4, 0.5) is 8.78 Å². The Labute approximate surface area is 142 Å². The van der Waals surface area contributed by atoms with Crippen LogP contribution in [0.2, 0.25) is 0 Å². The first-order chi connectivity index (χ1) is 12.1. The molecule has 0 spiro atoms. The molecule has 2 aromatic rings. The molecule has 6 heteroatoms. The second kappa shape index (κ2) is 5.26. The molecule has 2 heterocycles. The highest BCUT2D eigenvalue weighted by Crippen LogP contribution is 2.58. The van der Waals surface area contributed by atoms with Gasteiger partial charge in [-0.2, -0.15) is 0 Å². The molecule has 1 amide bonds. The first kappa shape index (κ1) is 14.8. The van der Waals surface area contributed by atoms with Gasteiger partial charge in [0.2, 0.25) is 5.91 Å². The minimum Gasteiger partial charge on any atom is -0.489 e. The molecule has 3 aliphatic rings. The Morgan fingerprint density at radius 1 is 1.08 bits per heavy atom. The summed E-state index contributed by atoms with van der Waals surface area (Å²) in [7, 11) is 0. The second-order valence-electron chi connectivity index (χ2n) is 6.74. The molecule has 1 fully saturated rings. The predicted molar refractivity (Wildman–Crippen MR) is 84.0 cm³/mol. The van der Waals surface area contributed by atoms with Crippen molar-refractivity contribution >= 4 is 5.91 Å². The summed E-state index contributed by atoms with van der Waals surface area (Å²) in [5, 5.41) is 2.93. The maximum Gasteiger partial charge on any atom is 0.228 e. The Morgan fingerprint density at radius 3 is 2.68 bits per heavy atom. The Bertz CT molecular complexity index is 885. The molecule has 0 saturated heterocycles. The summed E-state index contributed by atoms with van der Waals surface area (Å²) in [6, 6.07) is 8.50. The van der Waals surface area contributed by atoms with Gasteiger partial charge in [-0.15, -0.1) is 0 Å². The number of carbonyl (C=O) groups is 1. The molecular weight excluding hydrogens is 328 g/mol. The van der Waals surface area contributed by atoms with Gasteiger partial charge in [0.15, 0.2) is 0 Å². The smallest absolute Gasteiger partial charge is 0.228 e. The number of carbonyl (C=O) groups excluding carboxylic acids is 1. The summed E-state index contributed by atoms with van der Waals surface area (Å²) in [6.07, 6.45) is -0.242. The van der Waals surface area contributed by atoms with Crippen LogP contribution in [0.3, 0.4) is 0 Å². The molecule has 0 aromatic heterocycles. The highest BCUT2D eigenvalue weighted by molar-refractivity contribution is 5.86. The zero-order valence-electron chi connectivity index (χ0n) is 13.2. The third kappa shape index (κ3) is 2.32. The lowest BCUT2D eigenvalue weighted by atomic mass is 9.98. The fraction of sp³-hybridized carbons (Fsp3) is 0.316. The van der Waals surface area contributed by atoms with E-state index in [0.717, 1.165) is 16.7 Å². The molecule has 2 aliphatic heterocycles. The van der Waals surface area contributed by atoms with Crippen LogP contribution in [0.15, 0.2) is 36.4 Å². The number of fused-ring (bicyclic) bond motifs is 4. The van der Waals surface area contributed by atoms with Crippen molar-refractivity contribution in [1.82, 2.24) is 5.32 Å². The lowest BCUT2D eigenvalue weighted by molar-refractivity contribution is -0.124. The molecule has 2 aromatic carbocycles. The normalized spacial score (nSPS) is 28.4. The first-order valence-electron chi connectivity index (χ1n) is 8.24. The zero-order valence-corrected chi connectivity index (χ0v) is 13.2. The summed E-state index contributed by atoms with van der Waals surface area (Å²) in [5.74, 6) is -0.644. The molecule has 4 atom stereocenters. The van der Waals surface area contributed by atoms with E-state index in [1.54, 1.807) is 12.1 Å². The van der Waals surface area contributed by atoms with Gasteiger partial charge in [0.25, 0.3) is 0 Å². The quantitative estimate of drug-likeness (QED) is 0.912. The van der Waals surface area contributed by atoms with E-state index in [1.807, 2.05) is 0 Å². The van der Waals surface area contributed by atoms with E-state index < -0.39 is 0 Å². The number of halogens is 2. The maximum absolute atomic E-state index is 13.6. The van der Waals surface area contributed by atoms with Crippen molar-refractivity contribution in [3.05, 3.63) is 64.7 Å². The van der Waals surface area contributed by atoms with Gasteiger partial charge < -0.3 is 14.8 Å². The van der Waals surface area contributed by atoms with Crippen LogP contribution in [0.5, 0.6) is 5.75 Å². The highest BCUT2D eigenvalue weighted by atomic mass is 19.1. The summed E-state index contributed by atoms with van der Waals surface area (Å²) in [4.78, 5) is 12.6. The third-order valence-corrected chi connectivity index (χ3v) is 5.19. The van der Waals surface area contributed by atoms with Gasteiger partial charge >= 0.3 is 0 Å². The Kier molecular flexibility index (Phi) is 3.12. The summed E-state index contributed by atoms with van der Waals surface area (Å²) in [6.45, 7) is 0.711. The van der Waals surface area contributed by atoms with Crippen LogP contribution in [0.25, 0.3) is 0 Å². The minimum absolute atomic E-state index is 0.109. The number of rotatable bonds is 2. The number of benzene rings is 2. The fourth-order valence-electron chi connectivity index (χ4n) is 3.93. The Morgan fingerprint density at radius 2 is 1.84 bits per heavy atom. The molecule has 0 radical (unpaired) electrons. The van der Waals surface area contributed by atoms with Crippen molar-refractivity contribution in [3.63, 3.8) is 0 Å². The molecule has 1 N–H and O–H groups in total. The van der Waals surface area contributed by atoms with Crippen molar-refractivity contribution in [2.75, 3.05) is 6.61 Å². The number of amides is 1. The Balaban J connectivity index is 1.35. The Hall–Kier alpha value is -2.47. The fourth-order valence-corrected chi connectivity index (χ4v) is 3.93. The molecule has 5 rings (SSSR count). The van der Waals surface area contributed by atoms with Gasteiger partial charge in [-0.25, -0.2) is 8.78 Å². The molecule has 3 unspecified atom stereocenters. The minimum atomic E-state index is -0.389. The first-order valence-corrected chi connectivity index (χ1v) is 8.24. The monoisotopic (exact) mass is 343 g/mol. The summed E-state index contributed by atoms with van der Waals surface area (Å²) >= 11 is 0. The van der Waals surface area contributed by atoms with E-state index in [2.05, 4.69) is 5.32 Å². The van der Waals surface area contributed by atoms with Gasteiger partial charge in [0.05, 0.1) is 25.2 Å². The van der Waals surface area contributed by atoms with Gasteiger partial charge in [-0.3, -0.25) is 4.79 Å². The lowest BCUT2D eigenvalue weighted by Crippen LogP contribution is -2.36. The van der Waals surface area contributed by atoms with Crippen molar-refractivity contribution in [2.45, 2.75) is 24.7 Å². The third-order valence-electron chi connectivity index (χ3n) is 5.19. The summed E-state index contributed by atoms with van der Waals surface area (Å²) < 4.78 is 38.2.